The van der Waals surface area contributed by atoms with Gasteiger partial charge < -0.3 is 19.8 Å². The fraction of sp³-hybridized carbons (Fsp3) is 0.185. The van der Waals surface area contributed by atoms with Crippen LogP contribution in [-0.2, 0) is 11.2 Å². The number of aryl methyl sites for hydroxylation is 1. The molecular weight excluding hydrogens is 416 g/mol. The number of carbonyl (C=O) groups excluding carboxylic acids is 1. The topological polar surface area (TPSA) is 98.5 Å². The molecule has 1 unspecified atom stereocenters. The van der Waals surface area contributed by atoms with E-state index in [0.717, 1.165) is 39.3 Å². The van der Waals surface area contributed by atoms with Crippen molar-refractivity contribution in [1.29, 1.82) is 0 Å². The van der Waals surface area contributed by atoms with Gasteiger partial charge in [0.2, 0.25) is 5.91 Å². The number of carbonyl (C=O) groups is 2. The van der Waals surface area contributed by atoms with Crippen LogP contribution < -0.4 is 5.73 Å². The third kappa shape index (κ3) is 4.46. The van der Waals surface area contributed by atoms with Gasteiger partial charge in [0.25, 0.3) is 0 Å². The summed E-state index contributed by atoms with van der Waals surface area (Å²) in [4.78, 5) is 23.4. The van der Waals surface area contributed by atoms with E-state index in [1.165, 1.54) is 0 Å². The molecule has 6 nitrogen and oxygen atoms in total. The maximum atomic E-state index is 11.7. The van der Waals surface area contributed by atoms with Crippen LogP contribution >= 0.6 is 0 Å². The van der Waals surface area contributed by atoms with E-state index < -0.39 is 17.8 Å². The maximum Gasteiger partial charge on any atom is 0.306 e. The van der Waals surface area contributed by atoms with Crippen LogP contribution in [0.25, 0.3) is 28.1 Å². The summed E-state index contributed by atoms with van der Waals surface area (Å²) in [5.74, 6) is -1.78. The lowest BCUT2D eigenvalue weighted by Gasteiger charge is -2.19. The molecule has 3 N–H and O–H groups in total. The molecule has 0 aliphatic carbocycles. The number of rotatable bonds is 8. The number of nitrogens with two attached hydrogens (primary N) is 1. The Morgan fingerprint density at radius 3 is 2.30 bits per heavy atom. The minimum Gasteiger partial charge on any atom is -0.481 e. The van der Waals surface area contributed by atoms with Gasteiger partial charge in [0, 0.05) is 28.9 Å². The van der Waals surface area contributed by atoms with Crippen LogP contribution in [0.1, 0.15) is 35.0 Å². The predicted octanol–water partition coefficient (Wildman–Crippen LogP) is 5.46. The molecule has 0 aliphatic heterocycles. The van der Waals surface area contributed by atoms with Gasteiger partial charge in [0.1, 0.15) is 0 Å². The van der Waals surface area contributed by atoms with Crippen molar-refractivity contribution in [2.24, 2.45) is 11.7 Å². The second-order valence-corrected chi connectivity index (χ2v) is 8.15. The number of aromatic nitrogens is 1. The van der Waals surface area contributed by atoms with E-state index >= 15 is 0 Å². The Kier molecular flexibility index (Phi) is 6.18. The van der Waals surface area contributed by atoms with E-state index in [1.54, 1.807) is 24.7 Å². The number of furan rings is 1. The van der Waals surface area contributed by atoms with Gasteiger partial charge in [-0.3, -0.25) is 9.59 Å². The van der Waals surface area contributed by atoms with Crippen molar-refractivity contribution < 1.29 is 19.1 Å². The van der Waals surface area contributed by atoms with Crippen LogP contribution in [0.2, 0.25) is 0 Å². The highest BCUT2D eigenvalue weighted by Gasteiger charge is 2.21. The van der Waals surface area contributed by atoms with Crippen molar-refractivity contribution in [2.45, 2.75) is 26.7 Å². The largest absolute Gasteiger partial charge is 0.481 e. The molecule has 0 aliphatic rings. The summed E-state index contributed by atoms with van der Waals surface area (Å²) < 4.78 is 7.27. The predicted molar refractivity (Wildman–Crippen MR) is 127 cm³/mol. The molecule has 6 heteroatoms. The summed E-state index contributed by atoms with van der Waals surface area (Å²) in [6, 6.07) is 19.4. The number of hydrogen-bond acceptors (Lipinski definition) is 3. The number of nitrogens with zero attached hydrogens (tertiary/aromatic N) is 1. The minimum atomic E-state index is -0.808. The molecule has 1 amide bonds. The lowest BCUT2D eigenvalue weighted by atomic mass is 10.00. The summed E-state index contributed by atoms with van der Waals surface area (Å²) in [7, 11) is 0. The van der Waals surface area contributed by atoms with Crippen LogP contribution in [0, 0.1) is 12.8 Å². The van der Waals surface area contributed by atoms with Gasteiger partial charge in [0.05, 0.1) is 24.1 Å². The summed E-state index contributed by atoms with van der Waals surface area (Å²) in [5, 5.41) is 9.62. The number of aliphatic carboxylic acids is 1. The molecule has 0 bridgehead atoms. The number of benzene rings is 2. The zero-order valence-corrected chi connectivity index (χ0v) is 18.6. The summed E-state index contributed by atoms with van der Waals surface area (Å²) in [5.41, 5.74) is 12.5. The SMILES string of the molecule is CCC(Cc1ccc(-c2ccc(-c3ccoc3)cc2)n1-c1ccc(C(N)=O)cc1C)C(=O)O. The average Bonchev–Trinajstić information content (AvgIpc) is 3.47. The first-order chi connectivity index (χ1) is 15.9. The lowest BCUT2D eigenvalue weighted by Crippen LogP contribution is -2.18. The third-order valence-electron chi connectivity index (χ3n) is 6.02. The van der Waals surface area contributed by atoms with Crippen LogP contribution in [0.15, 0.2) is 77.6 Å². The van der Waals surface area contributed by atoms with Gasteiger partial charge in [-0.05, 0) is 66.4 Å². The summed E-state index contributed by atoms with van der Waals surface area (Å²) in [6.07, 6.45) is 4.28. The normalized spacial score (nSPS) is 11.9. The molecular formula is C27H26N2O4. The van der Waals surface area contributed by atoms with Crippen LogP contribution in [0.5, 0.6) is 0 Å². The van der Waals surface area contributed by atoms with Crippen molar-refractivity contribution in [3.8, 4) is 28.1 Å². The third-order valence-corrected chi connectivity index (χ3v) is 6.02. The summed E-state index contributed by atoms with van der Waals surface area (Å²) in [6.45, 7) is 3.81. The number of primary amides is 1. The number of carboxylic acid groups (broad SMARTS) is 1. The average molecular weight is 443 g/mol. The van der Waals surface area contributed by atoms with Gasteiger partial charge >= 0.3 is 5.97 Å². The molecule has 2 aromatic carbocycles. The molecule has 1 atom stereocenters. The Morgan fingerprint density at radius 2 is 1.73 bits per heavy atom. The standard InChI is InChI=1S/C27H26N2O4/c1-3-18(27(31)32)15-23-9-11-25(20-6-4-19(5-7-20)22-12-13-33-16-22)29(23)24-10-8-21(26(28)30)14-17(24)2/h4-14,16,18H,3,15H2,1-2H3,(H2,28,30)(H,31,32). The lowest BCUT2D eigenvalue weighted by molar-refractivity contribution is -0.141. The molecule has 0 spiro atoms. The van der Waals surface area contributed by atoms with Crippen molar-refractivity contribution in [3.05, 3.63) is 90.0 Å². The zero-order valence-electron chi connectivity index (χ0n) is 18.6. The number of carboxylic acids is 1. The van der Waals surface area contributed by atoms with Gasteiger partial charge in [-0.1, -0.05) is 31.2 Å². The minimum absolute atomic E-state index is 0.399. The fourth-order valence-corrected chi connectivity index (χ4v) is 4.13. The molecule has 168 valence electrons. The van der Waals surface area contributed by atoms with Gasteiger partial charge in [-0.25, -0.2) is 0 Å². The number of hydrogen-bond donors (Lipinski definition) is 2. The molecule has 2 aromatic heterocycles. The van der Waals surface area contributed by atoms with Gasteiger partial charge in [-0.15, -0.1) is 0 Å². The first-order valence-electron chi connectivity index (χ1n) is 10.9. The Hall–Kier alpha value is -4.06. The fourth-order valence-electron chi connectivity index (χ4n) is 4.13. The molecule has 0 saturated heterocycles. The molecule has 33 heavy (non-hydrogen) atoms. The highest BCUT2D eigenvalue weighted by Crippen LogP contribution is 2.32. The quantitative estimate of drug-likeness (QED) is 0.378. The first kappa shape index (κ1) is 22.1. The Morgan fingerprint density at radius 1 is 1.00 bits per heavy atom. The highest BCUT2D eigenvalue weighted by atomic mass is 16.4. The zero-order chi connectivity index (χ0) is 23.5. The van der Waals surface area contributed by atoms with E-state index in [-0.39, 0.29) is 0 Å². The second kappa shape index (κ2) is 9.20. The van der Waals surface area contributed by atoms with Crippen LogP contribution in [0.4, 0.5) is 0 Å². The Bertz CT molecular complexity index is 1280. The Balaban J connectivity index is 1.82. The highest BCUT2D eigenvalue weighted by molar-refractivity contribution is 5.93. The van der Waals surface area contributed by atoms with Crippen LogP contribution in [0.3, 0.4) is 0 Å². The smallest absolute Gasteiger partial charge is 0.306 e. The van der Waals surface area contributed by atoms with E-state index in [2.05, 4.69) is 4.57 Å². The Labute approximate surface area is 192 Å². The van der Waals surface area contributed by atoms with Crippen molar-refractivity contribution >= 4 is 11.9 Å². The summed E-state index contributed by atoms with van der Waals surface area (Å²) >= 11 is 0. The molecule has 2 heterocycles. The van der Waals surface area contributed by atoms with Crippen molar-refractivity contribution in [1.82, 2.24) is 4.57 Å². The molecule has 0 saturated carbocycles. The molecule has 4 aromatic rings. The van der Waals surface area contributed by atoms with E-state index in [0.29, 0.717) is 18.4 Å². The van der Waals surface area contributed by atoms with E-state index in [4.69, 9.17) is 10.2 Å². The second-order valence-electron chi connectivity index (χ2n) is 8.15. The first-order valence-corrected chi connectivity index (χ1v) is 10.9. The van der Waals surface area contributed by atoms with Crippen molar-refractivity contribution in [3.63, 3.8) is 0 Å². The number of amides is 1. The molecule has 4 rings (SSSR count). The van der Waals surface area contributed by atoms with Crippen LogP contribution in [-0.4, -0.2) is 21.6 Å². The van der Waals surface area contributed by atoms with Crippen molar-refractivity contribution in [2.75, 3.05) is 0 Å². The van der Waals surface area contributed by atoms with E-state index in [9.17, 15) is 14.7 Å². The molecule has 0 radical (unpaired) electrons. The molecule has 0 fully saturated rings. The van der Waals surface area contributed by atoms with Gasteiger partial charge in [0.15, 0.2) is 0 Å². The monoisotopic (exact) mass is 442 g/mol. The van der Waals surface area contributed by atoms with Gasteiger partial charge in [-0.2, -0.15) is 0 Å². The van der Waals surface area contributed by atoms with E-state index in [1.807, 2.05) is 62.4 Å². The maximum absolute atomic E-state index is 11.7.